The van der Waals surface area contributed by atoms with E-state index in [0.717, 1.165) is 22.5 Å². The average Bonchev–Trinajstić information content (AvgIpc) is 3.47. The van der Waals surface area contributed by atoms with Crippen LogP contribution in [0.4, 0.5) is 0 Å². The van der Waals surface area contributed by atoms with Crippen LogP contribution in [0.3, 0.4) is 0 Å². The molecule has 5 aromatic rings. The summed E-state index contributed by atoms with van der Waals surface area (Å²) in [4.78, 5) is 22.5. The molecule has 0 aliphatic carbocycles. The first kappa shape index (κ1) is 32.6. The molecule has 0 bridgehead atoms. The minimum atomic E-state index is -0.234. The number of nitrogens with two attached hydrogens (primary N) is 2. The molecule has 0 unspecified atom stereocenters. The van der Waals surface area contributed by atoms with Crippen LogP contribution in [0.15, 0.2) is 103 Å². The van der Waals surface area contributed by atoms with Crippen molar-refractivity contribution in [2.45, 2.75) is 32.2 Å². The summed E-state index contributed by atoms with van der Waals surface area (Å²) < 4.78 is 13.4. The second-order valence-electron chi connectivity index (χ2n) is 10.9. The van der Waals surface area contributed by atoms with Gasteiger partial charge in [0.1, 0.15) is 23.1 Å². The quantitative estimate of drug-likeness (QED) is 0.0605. The lowest BCUT2D eigenvalue weighted by atomic mass is 10.1. The van der Waals surface area contributed by atoms with Crippen LogP contribution in [0.25, 0.3) is 22.4 Å². The van der Waals surface area contributed by atoms with E-state index in [1.54, 1.807) is 13.3 Å². The number of aromatic nitrogens is 3. The van der Waals surface area contributed by atoms with Gasteiger partial charge in [0, 0.05) is 48.2 Å². The summed E-state index contributed by atoms with van der Waals surface area (Å²) in [6.45, 7) is 2.91. The van der Waals surface area contributed by atoms with Gasteiger partial charge in [-0.05, 0) is 98.6 Å². The Hall–Kier alpha value is -5.84. The van der Waals surface area contributed by atoms with Crippen molar-refractivity contribution in [2.75, 3.05) is 20.2 Å². The van der Waals surface area contributed by atoms with Crippen molar-refractivity contribution in [3.63, 3.8) is 0 Å². The highest BCUT2D eigenvalue weighted by atomic mass is 16.5. The number of hydrogen-bond donors (Lipinski definition) is 5. The summed E-state index contributed by atoms with van der Waals surface area (Å²) in [5.74, 6) is 2.57. The fourth-order valence-corrected chi connectivity index (χ4v) is 5.32. The fourth-order valence-electron chi connectivity index (χ4n) is 5.32. The molecular formula is C36H40N8O3. The monoisotopic (exact) mass is 632 g/mol. The van der Waals surface area contributed by atoms with E-state index in [1.165, 1.54) is 0 Å². The number of guanidine groups is 1. The smallest absolute Gasteiger partial charge is 0.251 e. The zero-order chi connectivity index (χ0) is 33.2. The van der Waals surface area contributed by atoms with Crippen LogP contribution in [-0.4, -0.2) is 46.6 Å². The Morgan fingerprint density at radius 2 is 1.68 bits per heavy atom. The van der Waals surface area contributed by atoms with Gasteiger partial charge in [0.05, 0.1) is 24.2 Å². The Bertz CT molecular complexity index is 1830. The predicted octanol–water partition coefficient (Wildman–Crippen LogP) is 5.54. The van der Waals surface area contributed by atoms with E-state index in [-0.39, 0.29) is 17.9 Å². The lowest BCUT2D eigenvalue weighted by Gasteiger charge is -2.23. The highest BCUT2D eigenvalue weighted by Gasteiger charge is 2.23. The number of rotatable bonds is 14. The maximum Gasteiger partial charge on any atom is 0.251 e. The third kappa shape index (κ3) is 8.26. The summed E-state index contributed by atoms with van der Waals surface area (Å²) in [6.07, 6.45) is 5.66. The number of fused-ring (bicyclic) bond motifs is 1. The van der Waals surface area contributed by atoms with Crippen molar-refractivity contribution in [3.8, 4) is 28.6 Å². The molecular weight excluding hydrogens is 592 g/mol. The van der Waals surface area contributed by atoms with Crippen molar-refractivity contribution in [1.29, 1.82) is 5.41 Å². The maximum atomic E-state index is 13.1. The van der Waals surface area contributed by atoms with Crippen LogP contribution in [-0.2, 0) is 6.42 Å². The van der Waals surface area contributed by atoms with E-state index in [0.29, 0.717) is 66.5 Å². The Kier molecular flexibility index (Phi) is 10.7. The Balaban J connectivity index is 1.46. The number of ether oxygens (including phenoxy) is 2. The van der Waals surface area contributed by atoms with E-state index in [9.17, 15) is 4.79 Å². The first-order valence-electron chi connectivity index (χ1n) is 15.5. The minimum Gasteiger partial charge on any atom is -0.497 e. The van der Waals surface area contributed by atoms with Crippen LogP contribution in [0.2, 0.25) is 0 Å². The highest BCUT2D eigenvalue weighted by molar-refractivity contribution is 5.98. The standard InChI is InChI=1S/C36H40N8O3/c1-3-30(37)32(8-6-21-42-36(38)39)44-33-18-11-25(35(45)41-22-19-26-7-4-5-20-40-26)23-31(33)43-34(44)24-9-12-28(13-10-24)47-29-16-14-27(46-2)15-17-29/h3-5,7,9-18,20,23,32H,6,8,19,21-22,37H2,1-2H3,(H,41,45)(H4,38,39,42)/b30-3-/t32-/m0/s1. The summed E-state index contributed by atoms with van der Waals surface area (Å²) in [5, 5.41) is 13.4. The molecule has 0 saturated carbocycles. The molecule has 2 aromatic heterocycles. The third-order valence-corrected chi connectivity index (χ3v) is 7.75. The van der Waals surface area contributed by atoms with Gasteiger partial charge in [-0.3, -0.25) is 15.2 Å². The van der Waals surface area contributed by atoms with E-state index in [4.69, 9.17) is 31.3 Å². The number of allylic oxidation sites excluding steroid dienone is 2. The first-order chi connectivity index (χ1) is 22.9. The molecule has 1 amide bonds. The zero-order valence-corrected chi connectivity index (χ0v) is 26.6. The van der Waals surface area contributed by atoms with Crippen LogP contribution in [0, 0.1) is 5.41 Å². The Morgan fingerprint density at radius 3 is 2.34 bits per heavy atom. The fraction of sp³-hybridized carbons (Fsp3) is 0.222. The topological polar surface area (TPSA) is 166 Å². The van der Waals surface area contributed by atoms with Crippen molar-refractivity contribution < 1.29 is 14.3 Å². The normalized spacial score (nSPS) is 12.0. The van der Waals surface area contributed by atoms with Crippen molar-refractivity contribution in [3.05, 3.63) is 114 Å². The minimum absolute atomic E-state index is 0.0721. The summed E-state index contributed by atoms with van der Waals surface area (Å²) in [5.41, 5.74) is 16.6. The molecule has 5 rings (SSSR count). The van der Waals surface area contributed by atoms with Gasteiger partial charge in [-0.1, -0.05) is 12.1 Å². The van der Waals surface area contributed by atoms with E-state index in [2.05, 4.69) is 20.2 Å². The van der Waals surface area contributed by atoms with Gasteiger partial charge in [-0.2, -0.15) is 0 Å². The largest absolute Gasteiger partial charge is 0.497 e. The molecule has 242 valence electrons. The number of imidazole rings is 1. The van der Waals surface area contributed by atoms with Crippen LogP contribution in [0.1, 0.15) is 41.9 Å². The van der Waals surface area contributed by atoms with Gasteiger partial charge in [-0.15, -0.1) is 0 Å². The number of benzene rings is 3. The van der Waals surface area contributed by atoms with E-state index < -0.39 is 0 Å². The molecule has 1 atom stereocenters. The van der Waals surface area contributed by atoms with Gasteiger partial charge in [0.25, 0.3) is 5.91 Å². The molecule has 11 nitrogen and oxygen atoms in total. The third-order valence-electron chi connectivity index (χ3n) is 7.75. The lowest BCUT2D eigenvalue weighted by molar-refractivity contribution is 0.0954. The molecule has 7 N–H and O–H groups in total. The molecule has 0 spiro atoms. The van der Waals surface area contributed by atoms with Gasteiger partial charge in [0.2, 0.25) is 0 Å². The van der Waals surface area contributed by atoms with E-state index in [1.807, 2.05) is 97.9 Å². The lowest BCUT2D eigenvalue weighted by Crippen LogP contribution is -2.31. The number of amides is 1. The maximum absolute atomic E-state index is 13.1. The second-order valence-corrected chi connectivity index (χ2v) is 10.9. The predicted molar refractivity (Wildman–Crippen MR) is 185 cm³/mol. The molecule has 2 heterocycles. The average molecular weight is 633 g/mol. The van der Waals surface area contributed by atoms with Crippen molar-refractivity contribution >= 4 is 22.9 Å². The molecule has 0 radical (unpaired) electrons. The second kappa shape index (κ2) is 15.4. The number of carbonyl (C=O) groups excluding carboxylic acids is 1. The summed E-state index contributed by atoms with van der Waals surface area (Å²) in [7, 11) is 1.63. The summed E-state index contributed by atoms with van der Waals surface area (Å²) >= 11 is 0. The van der Waals surface area contributed by atoms with E-state index >= 15 is 0 Å². The number of hydrogen-bond acceptors (Lipinski definition) is 7. The molecule has 47 heavy (non-hydrogen) atoms. The van der Waals surface area contributed by atoms with Gasteiger partial charge >= 0.3 is 0 Å². The number of methoxy groups -OCH3 is 1. The van der Waals surface area contributed by atoms with Crippen molar-refractivity contribution in [2.24, 2.45) is 11.5 Å². The highest BCUT2D eigenvalue weighted by Crippen LogP contribution is 2.34. The first-order valence-corrected chi connectivity index (χ1v) is 15.5. The molecule has 3 aromatic carbocycles. The van der Waals surface area contributed by atoms with Crippen LogP contribution < -0.4 is 31.6 Å². The van der Waals surface area contributed by atoms with Gasteiger partial charge in [-0.25, -0.2) is 4.98 Å². The van der Waals surface area contributed by atoms with Crippen molar-refractivity contribution in [1.82, 2.24) is 25.2 Å². The van der Waals surface area contributed by atoms with Gasteiger partial charge < -0.3 is 36.1 Å². The van der Waals surface area contributed by atoms with Crippen LogP contribution >= 0.6 is 0 Å². The molecule has 11 heteroatoms. The number of nitrogens with one attached hydrogen (secondary N) is 3. The molecule has 0 saturated heterocycles. The molecule has 0 fully saturated rings. The SMILES string of the molecule is C/C=C(\N)[C@H](CCCNC(=N)N)n1c(-c2ccc(Oc3ccc(OC)cc3)cc2)nc2cc(C(=O)NCCc3ccccn3)ccc21. The zero-order valence-electron chi connectivity index (χ0n) is 26.6. The summed E-state index contributed by atoms with van der Waals surface area (Å²) in [6, 6.07) is 26.2. The number of nitrogens with zero attached hydrogens (tertiary/aromatic N) is 3. The Morgan fingerprint density at radius 1 is 0.957 bits per heavy atom. The Labute approximate surface area is 274 Å². The number of carbonyl (C=O) groups is 1. The molecule has 0 aliphatic rings. The number of pyridine rings is 1. The van der Waals surface area contributed by atoms with Gasteiger partial charge in [0.15, 0.2) is 5.96 Å². The van der Waals surface area contributed by atoms with Crippen LogP contribution in [0.5, 0.6) is 17.2 Å². The molecule has 0 aliphatic heterocycles.